The van der Waals surface area contributed by atoms with Crippen LogP contribution in [0.2, 0.25) is 0 Å². The van der Waals surface area contributed by atoms with E-state index in [2.05, 4.69) is 21.2 Å². The third-order valence-electron chi connectivity index (χ3n) is 2.35. The molecule has 1 aromatic heterocycles. The summed E-state index contributed by atoms with van der Waals surface area (Å²) in [5.74, 6) is -1.08. The number of carbonyl (C=O) groups is 1. The maximum absolute atomic E-state index is 13.0. The zero-order chi connectivity index (χ0) is 13.1. The van der Waals surface area contributed by atoms with E-state index in [1.54, 1.807) is 12.1 Å². The Balaban J connectivity index is 2.09. The highest BCUT2D eigenvalue weighted by atomic mass is 79.9. The van der Waals surface area contributed by atoms with Gasteiger partial charge in [0.2, 0.25) is 0 Å². The number of anilines is 1. The summed E-state index contributed by atoms with van der Waals surface area (Å²) in [7, 11) is 0. The molecule has 2 N–H and O–H groups in total. The summed E-state index contributed by atoms with van der Waals surface area (Å²) in [5, 5.41) is 11.8. The number of hydrogen-bond donors (Lipinski definition) is 2. The minimum atomic E-state index is -1.04. The number of aromatic carboxylic acids is 1. The van der Waals surface area contributed by atoms with E-state index in [4.69, 9.17) is 9.52 Å². The molecular weight excluding hydrogens is 305 g/mol. The number of furan rings is 1. The fourth-order valence-electron chi connectivity index (χ4n) is 1.46. The summed E-state index contributed by atoms with van der Waals surface area (Å²) in [6.07, 6.45) is 1.32. The Kier molecular flexibility index (Phi) is 3.66. The van der Waals surface area contributed by atoms with Crippen molar-refractivity contribution >= 4 is 27.6 Å². The van der Waals surface area contributed by atoms with Crippen molar-refractivity contribution < 1.29 is 18.7 Å². The first-order valence-corrected chi connectivity index (χ1v) is 5.86. The van der Waals surface area contributed by atoms with Gasteiger partial charge in [0.25, 0.3) is 0 Å². The standard InChI is InChI=1S/C12H9BrFNO3/c13-9-5-7(1-2-10(9)14)15-6-11-8(12(16)17)3-4-18-11/h1-5,15H,6H2,(H,16,17). The average molecular weight is 314 g/mol. The summed E-state index contributed by atoms with van der Waals surface area (Å²) < 4.78 is 18.4. The largest absolute Gasteiger partial charge is 0.478 e. The van der Waals surface area contributed by atoms with E-state index < -0.39 is 5.97 Å². The Morgan fingerprint density at radius 3 is 2.89 bits per heavy atom. The van der Waals surface area contributed by atoms with Crippen molar-refractivity contribution in [2.45, 2.75) is 6.54 Å². The quantitative estimate of drug-likeness (QED) is 0.907. The number of carboxylic acid groups (broad SMARTS) is 1. The Morgan fingerprint density at radius 2 is 2.22 bits per heavy atom. The van der Waals surface area contributed by atoms with E-state index in [0.717, 1.165) is 0 Å². The number of rotatable bonds is 4. The van der Waals surface area contributed by atoms with Gasteiger partial charge in [-0.1, -0.05) is 0 Å². The van der Waals surface area contributed by atoms with Gasteiger partial charge in [0, 0.05) is 5.69 Å². The van der Waals surface area contributed by atoms with Crippen LogP contribution >= 0.6 is 15.9 Å². The molecule has 1 heterocycles. The normalized spacial score (nSPS) is 10.3. The second-order valence-corrected chi connectivity index (χ2v) is 4.40. The van der Waals surface area contributed by atoms with Crippen molar-refractivity contribution in [1.82, 2.24) is 0 Å². The van der Waals surface area contributed by atoms with Crippen LogP contribution in [0.5, 0.6) is 0 Å². The van der Waals surface area contributed by atoms with Crippen molar-refractivity contribution in [3.8, 4) is 0 Å². The molecule has 94 valence electrons. The van der Waals surface area contributed by atoms with Gasteiger partial charge in [-0.25, -0.2) is 9.18 Å². The van der Waals surface area contributed by atoms with Gasteiger partial charge in [0.15, 0.2) is 0 Å². The maximum Gasteiger partial charge on any atom is 0.339 e. The smallest absolute Gasteiger partial charge is 0.339 e. The third-order valence-corrected chi connectivity index (χ3v) is 2.96. The van der Waals surface area contributed by atoms with Crippen LogP contribution in [0, 0.1) is 5.82 Å². The van der Waals surface area contributed by atoms with Gasteiger partial charge in [0.1, 0.15) is 17.1 Å². The van der Waals surface area contributed by atoms with Crippen LogP contribution in [0.3, 0.4) is 0 Å². The van der Waals surface area contributed by atoms with Gasteiger partial charge in [-0.15, -0.1) is 0 Å². The lowest BCUT2D eigenvalue weighted by atomic mass is 10.2. The lowest BCUT2D eigenvalue weighted by Gasteiger charge is -2.06. The predicted octanol–water partition coefficient (Wildman–Crippen LogP) is 3.49. The van der Waals surface area contributed by atoms with Crippen LogP contribution in [-0.4, -0.2) is 11.1 Å². The van der Waals surface area contributed by atoms with E-state index >= 15 is 0 Å². The molecule has 0 unspecified atom stereocenters. The van der Waals surface area contributed by atoms with Gasteiger partial charge in [-0.05, 0) is 40.2 Å². The highest BCUT2D eigenvalue weighted by molar-refractivity contribution is 9.10. The van der Waals surface area contributed by atoms with E-state index in [9.17, 15) is 9.18 Å². The number of carboxylic acids is 1. The summed E-state index contributed by atoms with van der Waals surface area (Å²) in [6.45, 7) is 0.215. The molecule has 0 bridgehead atoms. The van der Waals surface area contributed by atoms with Crippen molar-refractivity contribution in [2.75, 3.05) is 5.32 Å². The molecule has 18 heavy (non-hydrogen) atoms. The van der Waals surface area contributed by atoms with Crippen LogP contribution in [0.4, 0.5) is 10.1 Å². The molecule has 2 rings (SSSR count). The topological polar surface area (TPSA) is 62.5 Å². The average Bonchev–Trinajstić information content (AvgIpc) is 2.79. The van der Waals surface area contributed by atoms with Crippen molar-refractivity contribution in [2.24, 2.45) is 0 Å². The van der Waals surface area contributed by atoms with Crippen LogP contribution in [0.1, 0.15) is 16.1 Å². The molecule has 0 spiro atoms. The summed E-state index contributed by atoms with van der Waals surface area (Å²) in [6, 6.07) is 5.83. The Bertz CT molecular complexity index is 582. The molecule has 2 aromatic rings. The van der Waals surface area contributed by atoms with Crippen molar-refractivity contribution in [1.29, 1.82) is 0 Å². The van der Waals surface area contributed by atoms with E-state index in [1.165, 1.54) is 18.4 Å². The molecule has 0 amide bonds. The van der Waals surface area contributed by atoms with E-state index in [-0.39, 0.29) is 17.9 Å². The van der Waals surface area contributed by atoms with Crippen LogP contribution in [-0.2, 0) is 6.54 Å². The molecule has 4 nitrogen and oxygen atoms in total. The van der Waals surface area contributed by atoms with Crippen LogP contribution in [0.15, 0.2) is 39.4 Å². The molecule has 0 saturated carbocycles. The van der Waals surface area contributed by atoms with Gasteiger partial charge in [0.05, 0.1) is 17.3 Å². The molecule has 0 aliphatic heterocycles. The second-order valence-electron chi connectivity index (χ2n) is 3.55. The molecule has 0 fully saturated rings. The number of benzene rings is 1. The fraction of sp³-hybridized carbons (Fsp3) is 0.0833. The Hall–Kier alpha value is -1.82. The van der Waals surface area contributed by atoms with Gasteiger partial charge in [-0.2, -0.15) is 0 Å². The third kappa shape index (κ3) is 2.70. The molecule has 1 aromatic carbocycles. The number of halogens is 2. The first-order chi connectivity index (χ1) is 8.58. The lowest BCUT2D eigenvalue weighted by Crippen LogP contribution is -2.04. The molecular formula is C12H9BrFNO3. The van der Waals surface area contributed by atoms with Crippen LogP contribution < -0.4 is 5.32 Å². The monoisotopic (exact) mass is 313 g/mol. The second kappa shape index (κ2) is 5.22. The van der Waals surface area contributed by atoms with Crippen molar-refractivity contribution in [3.05, 3.63) is 52.1 Å². The SMILES string of the molecule is O=C(O)c1ccoc1CNc1ccc(F)c(Br)c1. The predicted molar refractivity (Wildman–Crippen MR) is 67.1 cm³/mol. The van der Waals surface area contributed by atoms with Gasteiger partial charge in [-0.3, -0.25) is 0 Å². The zero-order valence-electron chi connectivity index (χ0n) is 9.11. The Labute approximate surface area is 111 Å². The number of nitrogens with one attached hydrogen (secondary N) is 1. The van der Waals surface area contributed by atoms with Gasteiger partial charge < -0.3 is 14.8 Å². The Morgan fingerprint density at radius 1 is 1.44 bits per heavy atom. The van der Waals surface area contributed by atoms with Crippen molar-refractivity contribution in [3.63, 3.8) is 0 Å². The van der Waals surface area contributed by atoms with E-state index in [0.29, 0.717) is 15.9 Å². The summed E-state index contributed by atoms with van der Waals surface area (Å²) in [5.41, 5.74) is 0.777. The highest BCUT2D eigenvalue weighted by Gasteiger charge is 2.12. The minimum absolute atomic E-state index is 0.115. The molecule has 0 saturated heterocycles. The summed E-state index contributed by atoms with van der Waals surface area (Å²) in [4.78, 5) is 10.8. The summed E-state index contributed by atoms with van der Waals surface area (Å²) >= 11 is 3.07. The molecule has 6 heteroatoms. The maximum atomic E-state index is 13.0. The number of hydrogen-bond acceptors (Lipinski definition) is 3. The molecule has 0 aliphatic carbocycles. The minimum Gasteiger partial charge on any atom is -0.478 e. The van der Waals surface area contributed by atoms with Crippen LogP contribution in [0.25, 0.3) is 0 Å². The van der Waals surface area contributed by atoms with E-state index in [1.807, 2.05) is 0 Å². The fourth-order valence-corrected chi connectivity index (χ4v) is 1.84. The zero-order valence-corrected chi connectivity index (χ0v) is 10.7. The first kappa shape index (κ1) is 12.6. The molecule has 0 radical (unpaired) electrons. The van der Waals surface area contributed by atoms with Gasteiger partial charge >= 0.3 is 5.97 Å². The lowest BCUT2D eigenvalue weighted by molar-refractivity contribution is 0.0694. The molecule has 0 aliphatic rings. The first-order valence-electron chi connectivity index (χ1n) is 5.06. The molecule has 0 atom stereocenters. The highest BCUT2D eigenvalue weighted by Crippen LogP contribution is 2.21.